The van der Waals surface area contributed by atoms with E-state index >= 15 is 0 Å². The largest absolute Gasteiger partial charge is 0.348 e. The van der Waals surface area contributed by atoms with Crippen molar-refractivity contribution in [1.82, 2.24) is 15.1 Å². The van der Waals surface area contributed by atoms with E-state index in [2.05, 4.69) is 10.4 Å². The summed E-state index contributed by atoms with van der Waals surface area (Å²) >= 11 is 0. The Hall–Kier alpha value is -2.24. The molecule has 2 aromatic rings. The predicted molar refractivity (Wildman–Crippen MR) is 74.8 cm³/mol. The lowest BCUT2D eigenvalue weighted by molar-refractivity contribution is 0.0946. The molecule has 0 atom stereocenters. The minimum atomic E-state index is -0.698. The van der Waals surface area contributed by atoms with Gasteiger partial charge in [-0.1, -0.05) is 19.9 Å². The van der Waals surface area contributed by atoms with Gasteiger partial charge in [0.05, 0.1) is 6.20 Å². The molecule has 4 nitrogen and oxygen atoms in total. The lowest BCUT2D eigenvalue weighted by Crippen LogP contribution is -2.24. The molecule has 0 bridgehead atoms. The maximum absolute atomic E-state index is 13.6. The van der Waals surface area contributed by atoms with Crippen molar-refractivity contribution in [3.8, 4) is 0 Å². The SMILES string of the molecule is CC(C)c1ccc(F)cc1CNC(=O)c1cnn(C)c1F. The molecular formula is C15H17F2N3O. The summed E-state index contributed by atoms with van der Waals surface area (Å²) in [5.41, 5.74) is 1.51. The molecule has 1 amide bonds. The molecule has 1 aromatic heterocycles. The third-order valence-electron chi connectivity index (χ3n) is 3.28. The first-order valence-electron chi connectivity index (χ1n) is 6.64. The molecule has 0 unspecified atom stereocenters. The van der Waals surface area contributed by atoms with E-state index in [-0.39, 0.29) is 23.8 Å². The van der Waals surface area contributed by atoms with Crippen LogP contribution in [-0.2, 0) is 13.6 Å². The molecule has 6 heteroatoms. The Balaban J connectivity index is 2.15. The average molecular weight is 293 g/mol. The van der Waals surface area contributed by atoms with Gasteiger partial charge in [0, 0.05) is 13.6 Å². The normalized spacial score (nSPS) is 11.0. The van der Waals surface area contributed by atoms with Gasteiger partial charge < -0.3 is 5.32 Å². The minimum absolute atomic E-state index is 0.125. The number of benzene rings is 1. The zero-order chi connectivity index (χ0) is 15.6. The molecule has 0 saturated heterocycles. The van der Waals surface area contributed by atoms with Crippen molar-refractivity contribution in [3.05, 3.63) is 52.9 Å². The van der Waals surface area contributed by atoms with Crippen molar-refractivity contribution < 1.29 is 13.6 Å². The van der Waals surface area contributed by atoms with Crippen molar-refractivity contribution in [2.75, 3.05) is 0 Å². The highest BCUT2D eigenvalue weighted by atomic mass is 19.1. The van der Waals surface area contributed by atoms with E-state index in [1.807, 2.05) is 13.8 Å². The number of halogens is 2. The van der Waals surface area contributed by atoms with E-state index in [1.165, 1.54) is 25.4 Å². The maximum Gasteiger partial charge on any atom is 0.257 e. The van der Waals surface area contributed by atoms with Crippen LogP contribution in [0.15, 0.2) is 24.4 Å². The van der Waals surface area contributed by atoms with Crippen molar-refractivity contribution in [3.63, 3.8) is 0 Å². The number of aromatic nitrogens is 2. The van der Waals surface area contributed by atoms with Crippen LogP contribution in [0.5, 0.6) is 0 Å². The summed E-state index contributed by atoms with van der Waals surface area (Å²) in [7, 11) is 1.41. The Bertz CT molecular complexity index is 665. The molecule has 1 N–H and O–H groups in total. The molecule has 0 radical (unpaired) electrons. The summed E-state index contributed by atoms with van der Waals surface area (Å²) in [6, 6.07) is 4.47. The van der Waals surface area contributed by atoms with Crippen LogP contribution in [0, 0.1) is 11.8 Å². The number of carbonyl (C=O) groups is 1. The number of nitrogens with one attached hydrogen (secondary N) is 1. The summed E-state index contributed by atoms with van der Waals surface area (Å²) in [5.74, 6) is -1.43. The summed E-state index contributed by atoms with van der Waals surface area (Å²) in [4.78, 5) is 11.9. The number of amides is 1. The lowest BCUT2D eigenvalue weighted by atomic mass is 9.97. The topological polar surface area (TPSA) is 46.9 Å². The maximum atomic E-state index is 13.6. The fourth-order valence-corrected chi connectivity index (χ4v) is 2.14. The lowest BCUT2D eigenvalue weighted by Gasteiger charge is -2.13. The quantitative estimate of drug-likeness (QED) is 0.942. The third kappa shape index (κ3) is 3.26. The highest BCUT2D eigenvalue weighted by molar-refractivity contribution is 5.93. The van der Waals surface area contributed by atoms with Crippen LogP contribution in [0.3, 0.4) is 0 Å². The first-order valence-corrected chi connectivity index (χ1v) is 6.64. The number of hydrogen-bond donors (Lipinski definition) is 1. The van der Waals surface area contributed by atoms with Crippen LogP contribution in [0.1, 0.15) is 41.3 Å². The van der Waals surface area contributed by atoms with Gasteiger partial charge >= 0.3 is 0 Å². The van der Waals surface area contributed by atoms with E-state index in [4.69, 9.17) is 0 Å². The number of hydrogen-bond acceptors (Lipinski definition) is 2. The number of nitrogens with zero attached hydrogens (tertiary/aromatic N) is 2. The fourth-order valence-electron chi connectivity index (χ4n) is 2.14. The van der Waals surface area contributed by atoms with Crippen LogP contribution in [-0.4, -0.2) is 15.7 Å². The second-order valence-corrected chi connectivity index (χ2v) is 5.15. The Kier molecular flexibility index (Phi) is 4.35. The van der Waals surface area contributed by atoms with E-state index in [0.717, 1.165) is 10.2 Å². The Morgan fingerprint density at radius 2 is 2.10 bits per heavy atom. The molecule has 2 rings (SSSR count). The summed E-state index contributed by atoms with van der Waals surface area (Å²) < 4.78 is 27.9. The molecule has 0 aliphatic heterocycles. The van der Waals surface area contributed by atoms with E-state index < -0.39 is 11.9 Å². The minimum Gasteiger partial charge on any atom is -0.348 e. The zero-order valence-electron chi connectivity index (χ0n) is 12.2. The smallest absolute Gasteiger partial charge is 0.257 e. The monoisotopic (exact) mass is 293 g/mol. The van der Waals surface area contributed by atoms with Crippen molar-refractivity contribution in [1.29, 1.82) is 0 Å². The molecule has 0 fully saturated rings. The van der Waals surface area contributed by atoms with Gasteiger partial charge in [0.1, 0.15) is 11.4 Å². The Morgan fingerprint density at radius 3 is 2.67 bits per heavy atom. The van der Waals surface area contributed by atoms with Crippen LogP contribution < -0.4 is 5.32 Å². The standard InChI is InChI=1S/C15H17F2N3O/c1-9(2)12-5-4-11(16)6-10(12)7-18-15(21)13-8-19-20(3)14(13)17/h4-6,8-9H,7H2,1-3H3,(H,18,21). The van der Waals surface area contributed by atoms with E-state index in [1.54, 1.807) is 6.07 Å². The van der Waals surface area contributed by atoms with Gasteiger partial charge in [0.2, 0.25) is 5.95 Å². The third-order valence-corrected chi connectivity index (χ3v) is 3.28. The summed E-state index contributed by atoms with van der Waals surface area (Å²) in [5, 5.41) is 6.27. The van der Waals surface area contributed by atoms with Crippen LogP contribution in [0.25, 0.3) is 0 Å². The van der Waals surface area contributed by atoms with Gasteiger partial charge in [-0.25, -0.2) is 9.07 Å². The number of aryl methyl sites for hydroxylation is 1. The van der Waals surface area contributed by atoms with Gasteiger partial charge in [-0.2, -0.15) is 9.49 Å². The molecular weight excluding hydrogens is 276 g/mol. The average Bonchev–Trinajstić information content (AvgIpc) is 2.76. The molecule has 0 aliphatic carbocycles. The summed E-state index contributed by atoms with van der Waals surface area (Å²) in [6.07, 6.45) is 1.17. The molecule has 112 valence electrons. The molecule has 21 heavy (non-hydrogen) atoms. The highest BCUT2D eigenvalue weighted by Crippen LogP contribution is 2.20. The van der Waals surface area contributed by atoms with Gasteiger partial charge in [-0.3, -0.25) is 4.79 Å². The van der Waals surface area contributed by atoms with Gasteiger partial charge in [-0.05, 0) is 29.2 Å². The second kappa shape index (κ2) is 6.03. The second-order valence-electron chi connectivity index (χ2n) is 5.15. The predicted octanol–water partition coefficient (Wildman–Crippen LogP) is 2.75. The fraction of sp³-hybridized carbons (Fsp3) is 0.333. The van der Waals surface area contributed by atoms with Crippen LogP contribution in [0.2, 0.25) is 0 Å². The van der Waals surface area contributed by atoms with Crippen molar-refractivity contribution in [2.45, 2.75) is 26.3 Å². The molecule has 0 aliphatic rings. The van der Waals surface area contributed by atoms with Crippen molar-refractivity contribution in [2.24, 2.45) is 7.05 Å². The first-order chi connectivity index (χ1) is 9.90. The Labute approximate surface area is 121 Å². The molecule has 0 spiro atoms. The Morgan fingerprint density at radius 1 is 1.38 bits per heavy atom. The van der Waals surface area contributed by atoms with Gasteiger partial charge in [-0.15, -0.1) is 0 Å². The first kappa shape index (κ1) is 15.2. The number of carbonyl (C=O) groups excluding carboxylic acids is 1. The van der Waals surface area contributed by atoms with Gasteiger partial charge in [0.25, 0.3) is 5.91 Å². The molecule has 1 aromatic carbocycles. The number of rotatable bonds is 4. The molecule has 1 heterocycles. The zero-order valence-corrected chi connectivity index (χ0v) is 12.2. The van der Waals surface area contributed by atoms with Crippen LogP contribution >= 0.6 is 0 Å². The molecule has 0 saturated carbocycles. The van der Waals surface area contributed by atoms with E-state index in [9.17, 15) is 13.6 Å². The van der Waals surface area contributed by atoms with Crippen molar-refractivity contribution >= 4 is 5.91 Å². The highest BCUT2D eigenvalue weighted by Gasteiger charge is 2.16. The van der Waals surface area contributed by atoms with Gasteiger partial charge in [0.15, 0.2) is 0 Å². The summed E-state index contributed by atoms with van der Waals surface area (Å²) in [6.45, 7) is 4.11. The van der Waals surface area contributed by atoms with E-state index in [0.29, 0.717) is 5.56 Å². The van der Waals surface area contributed by atoms with Crippen LogP contribution in [0.4, 0.5) is 8.78 Å².